The molecule has 0 saturated carbocycles. The zero-order valence-corrected chi connectivity index (χ0v) is 31.0. The van der Waals surface area contributed by atoms with Crippen molar-refractivity contribution in [1.29, 1.82) is 0 Å². The quantitative estimate of drug-likeness (QED) is 0.170. The van der Waals surface area contributed by atoms with Crippen molar-refractivity contribution in [2.24, 2.45) is 0 Å². The lowest BCUT2D eigenvalue weighted by atomic mass is 9.36. The molecule has 7 heteroatoms. The Morgan fingerprint density at radius 2 is 1.02 bits per heavy atom. The fourth-order valence-electron chi connectivity index (χ4n) is 9.30. The van der Waals surface area contributed by atoms with Gasteiger partial charge >= 0.3 is 0 Å². The molecular weight excluding hydrogens is 711 g/mol. The van der Waals surface area contributed by atoms with Crippen LogP contribution in [-0.4, -0.2) is 24.3 Å². The molecule has 0 saturated heterocycles. The molecule has 4 nitrogen and oxygen atoms in total. The molecule has 0 bridgehead atoms. The number of nitrogens with zero attached hydrogens (tertiary/aromatic N) is 2. The van der Waals surface area contributed by atoms with E-state index in [4.69, 9.17) is 0 Å². The lowest BCUT2D eigenvalue weighted by Crippen LogP contribution is -2.61. The van der Waals surface area contributed by atoms with Crippen LogP contribution in [0.5, 0.6) is 0 Å². The van der Waals surface area contributed by atoms with E-state index < -0.39 is 21.6 Å². The number of aromatic nitrogens is 2. The zero-order chi connectivity index (χ0) is 36.4. The Morgan fingerprint density at radius 3 is 1.85 bits per heavy atom. The Morgan fingerprint density at radius 1 is 0.400 bits per heavy atom. The van der Waals surface area contributed by atoms with Crippen LogP contribution in [0.25, 0.3) is 66.1 Å². The number of para-hydroxylation sites is 3. The molecule has 2 aromatic heterocycles. The fraction of sp³-hybridized carbons (Fsp3) is 0. The number of hydrogen-bond donors (Lipinski definition) is 0. The molecule has 0 fully saturated rings. The van der Waals surface area contributed by atoms with E-state index in [1.165, 1.54) is 32.6 Å². The van der Waals surface area contributed by atoms with E-state index in [0.29, 0.717) is 0 Å². The summed E-state index contributed by atoms with van der Waals surface area (Å²) in [6.45, 7) is -0.119. The van der Waals surface area contributed by atoms with Gasteiger partial charge in [-0.25, -0.2) is 8.42 Å². The molecule has 10 aromatic rings. The largest absolute Gasteiger partial charge is 0.309 e. The van der Waals surface area contributed by atoms with Gasteiger partial charge in [0.2, 0.25) is 6.71 Å². The van der Waals surface area contributed by atoms with Crippen LogP contribution in [0, 0.1) is 0 Å². The van der Waals surface area contributed by atoms with Crippen LogP contribution in [0.3, 0.4) is 0 Å². The van der Waals surface area contributed by atoms with E-state index in [-0.39, 0.29) is 6.71 Å². The van der Waals surface area contributed by atoms with Gasteiger partial charge in [-0.1, -0.05) is 120 Å². The minimum atomic E-state index is -1.42. The normalized spacial score (nSPS) is 15.7. The standard InChI is InChI=1S/C48H29BN2O2S2/c52-54-42-21-9-6-18-37(42)49-38-26-24-31(29-45(38)55(53)44-23-11-22-43(54)47(44)49)30-12-10-15-33(28-30)51-39-19-7-4-16-34(39)35-25-27-41-46(48(35)51)36-17-5-8-20-40(36)50(41)32-13-2-1-3-14-32/h1-29H. The second-order valence-corrected chi connectivity index (χ2v) is 17.2. The molecule has 258 valence electrons. The van der Waals surface area contributed by atoms with Crippen LogP contribution in [0.15, 0.2) is 196 Å². The Hall–Kier alpha value is -6.28. The number of rotatable bonds is 3. The summed E-state index contributed by atoms with van der Waals surface area (Å²) in [6.07, 6.45) is 0. The van der Waals surface area contributed by atoms with Crippen molar-refractivity contribution in [2.75, 3.05) is 0 Å². The van der Waals surface area contributed by atoms with Crippen LogP contribution in [0.4, 0.5) is 0 Å². The summed E-state index contributed by atoms with van der Waals surface area (Å²) in [6, 6.07) is 61.5. The van der Waals surface area contributed by atoms with Crippen molar-refractivity contribution in [3.8, 4) is 22.5 Å². The molecule has 0 radical (unpaired) electrons. The molecule has 0 N–H and O–H groups in total. The molecule has 2 atom stereocenters. The zero-order valence-electron chi connectivity index (χ0n) is 29.3. The third-order valence-electron chi connectivity index (χ3n) is 11.6. The van der Waals surface area contributed by atoms with Crippen molar-refractivity contribution in [2.45, 2.75) is 19.6 Å². The smallest absolute Gasteiger partial charge is 0.247 e. The highest BCUT2D eigenvalue weighted by atomic mass is 32.2. The van der Waals surface area contributed by atoms with Crippen molar-refractivity contribution in [1.82, 2.24) is 9.13 Å². The van der Waals surface area contributed by atoms with Crippen LogP contribution in [0.2, 0.25) is 0 Å². The Labute approximate surface area is 322 Å². The first-order valence-electron chi connectivity index (χ1n) is 18.5. The third-order valence-corrected chi connectivity index (χ3v) is 14.6. The van der Waals surface area contributed by atoms with E-state index in [1.54, 1.807) is 0 Å². The highest BCUT2D eigenvalue weighted by molar-refractivity contribution is 7.87. The molecule has 2 unspecified atom stereocenters. The first-order valence-corrected chi connectivity index (χ1v) is 20.8. The predicted molar refractivity (Wildman–Crippen MR) is 227 cm³/mol. The summed E-state index contributed by atoms with van der Waals surface area (Å²) >= 11 is 0. The Bertz CT molecular complexity index is 3330. The second kappa shape index (κ2) is 11.6. The first-order chi connectivity index (χ1) is 27.2. The van der Waals surface area contributed by atoms with Gasteiger partial charge in [-0.15, -0.1) is 0 Å². The maximum absolute atomic E-state index is 14.4. The number of fused-ring (bicyclic) bond motifs is 11. The maximum Gasteiger partial charge on any atom is 0.247 e. The molecule has 8 aromatic carbocycles. The monoisotopic (exact) mass is 740 g/mol. The lowest BCUT2D eigenvalue weighted by molar-refractivity contribution is 0.682. The van der Waals surface area contributed by atoms with Gasteiger partial charge < -0.3 is 9.13 Å². The fourth-order valence-corrected chi connectivity index (χ4v) is 12.3. The Kier molecular flexibility index (Phi) is 6.57. The SMILES string of the molecule is O=S1c2ccccc2B2c3ccc(-c4cccc(-n5c6ccccc6c6ccc7c(c8ccccc8n7-c7ccccc7)c65)c4)cc3S(=O)c3cccc1c32. The summed E-state index contributed by atoms with van der Waals surface area (Å²) in [5, 5.41) is 4.84. The van der Waals surface area contributed by atoms with E-state index in [9.17, 15) is 8.42 Å². The summed E-state index contributed by atoms with van der Waals surface area (Å²) in [5.74, 6) is 0. The molecule has 4 heterocycles. The lowest BCUT2D eigenvalue weighted by Gasteiger charge is -2.32. The van der Waals surface area contributed by atoms with E-state index in [0.717, 1.165) is 69.5 Å². The van der Waals surface area contributed by atoms with Crippen LogP contribution >= 0.6 is 0 Å². The summed E-state index contributed by atoms with van der Waals surface area (Å²) in [5.41, 5.74) is 11.9. The third kappa shape index (κ3) is 4.28. The van der Waals surface area contributed by atoms with Crippen LogP contribution < -0.4 is 16.4 Å². The van der Waals surface area contributed by atoms with Crippen molar-refractivity contribution in [3.05, 3.63) is 176 Å². The van der Waals surface area contributed by atoms with Crippen molar-refractivity contribution >= 4 is 88.3 Å². The number of hydrogen-bond acceptors (Lipinski definition) is 2. The molecule has 2 aliphatic rings. The molecule has 0 spiro atoms. The number of benzene rings is 8. The molecule has 55 heavy (non-hydrogen) atoms. The van der Waals surface area contributed by atoms with Crippen LogP contribution in [-0.2, 0) is 21.6 Å². The van der Waals surface area contributed by atoms with Gasteiger partial charge in [0.05, 0.1) is 43.7 Å². The summed E-state index contributed by atoms with van der Waals surface area (Å²) < 4.78 is 32.9. The average molecular weight is 741 g/mol. The van der Waals surface area contributed by atoms with Gasteiger partial charge in [0.1, 0.15) is 0 Å². The Balaban J connectivity index is 1.08. The average Bonchev–Trinajstić information content (AvgIpc) is 3.77. The van der Waals surface area contributed by atoms with Gasteiger partial charge in [-0.3, -0.25) is 0 Å². The minimum absolute atomic E-state index is 0.119. The van der Waals surface area contributed by atoms with E-state index >= 15 is 0 Å². The molecule has 0 amide bonds. The predicted octanol–water partition coefficient (Wildman–Crippen LogP) is 9.02. The first kappa shape index (κ1) is 31.1. The van der Waals surface area contributed by atoms with E-state index in [1.807, 2.05) is 36.4 Å². The van der Waals surface area contributed by atoms with Crippen molar-refractivity contribution in [3.63, 3.8) is 0 Å². The minimum Gasteiger partial charge on any atom is -0.309 e. The summed E-state index contributed by atoms with van der Waals surface area (Å²) in [4.78, 5) is 3.17. The second-order valence-electron chi connectivity index (χ2n) is 14.4. The van der Waals surface area contributed by atoms with Crippen LogP contribution in [0.1, 0.15) is 0 Å². The molecule has 0 aliphatic carbocycles. The maximum atomic E-state index is 14.4. The topological polar surface area (TPSA) is 44.0 Å². The molecule has 2 aliphatic heterocycles. The summed E-state index contributed by atoms with van der Waals surface area (Å²) in [7, 11) is -2.74. The van der Waals surface area contributed by atoms with Gasteiger partial charge in [0.25, 0.3) is 0 Å². The molecule has 12 rings (SSSR count). The van der Waals surface area contributed by atoms with Gasteiger partial charge in [-0.2, -0.15) is 0 Å². The molecular formula is C48H29BN2O2S2. The van der Waals surface area contributed by atoms with E-state index in [2.05, 4.69) is 149 Å². The van der Waals surface area contributed by atoms with Gasteiger partial charge in [0, 0.05) is 52.5 Å². The van der Waals surface area contributed by atoms with Gasteiger partial charge in [0.15, 0.2) is 0 Å². The highest BCUT2D eigenvalue weighted by Crippen LogP contribution is 2.42. The van der Waals surface area contributed by atoms with Crippen molar-refractivity contribution < 1.29 is 8.42 Å². The van der Waals surface area contributed by atoms with Gasteiger partial charge in [-0.05, 0) is 83.3 Å². The highest BCUT2D eigenvalue weighted by Gasteiger charge is 2.42.